The quantitative estimate of drug-likeness (QED) is 0.217. The lowest BCUT2D eigenvalue weighted by Gasteiger charge is -2.25. The van der Waals surface area contributed by atoms with Crippen LogP contribution in [0.5, 0.6) is 0 Å². The summed E-state index contributed by atoms with van der Waals surface area (Å²) in [6.45, 7) is 0.979. The zero-order chi connectivity index (χ0) is 27.8. The number of nitrogens with zero attached hydrogens (tertiary/aromatic N) is 3. The molecule has 2 aliphatic rings. The van der Waals surface area contributed by atoms with Crippen LogP contribution in [0.2, 0.25) is 0 Å². The normalized spacial score (nSPS) is 16.5. The molecule has 7 aromatic rings. The van der Waals surface area contributed by atoms with Crippen molar-refractivity contribution in [2.75, 3.05) is 7.05 Å². The third-order valence-electron chi connectivity index (χ3n) is 9.43. The molecular weight excluding hydrogens is 510 g/mol. The first kappa shape index (κ1) is 23.8. The first-order valence-electron chi connectivity index (χ1n) is 15.0. The Hall–Kier alpha value is -4.86. The van der Waals surface area contributed by atoms with Gasteiger partial charge in [-0.05, 0) is 95.9 Å². The maximum absolute atomic E-state index is 2.54. The monoisotopic (exact) mass is 541 g/mol. The molecule has 202 valence electrons. The number of rotatable bonds is 3. The molecule has 0 saturated heterocycles. The molecule has 1 aliphatic carbocycles. The summed E-state index contributed by atoms with van der Waals surface area (Å²) in [7, 11) is 2.29. The Bertz CT molecular complexity index is 2190. The van der Waals surface area contributed by atoms with Crippen LogP contribution in [-0.2, 0) is 13.0 Å². The first-order valence-corrected chi connectivity index (χ1v) is 15.0. The van der Waals surface area contributed by atoms with Crippen LogP contribution in [0.4, 0.5) is 0 Å². The average molecular weight is 542 g/mol. The standard InChI is InChI=1S/C39H31N3/c1-40-25-34-32-16-8-10-18-36(32)42(29-13-3-2-4-14-29)39(34)38(40)28-20-22-37-33(24-28)31-15-7-9-17-35(31)41(37)30-21-19-26-11-5-6-12-27(26)23-30/h2-7,9-15,17-24,38H,8,16,25H2,1H3. The van der Waals surface area contributed by atoms with E-state index in [0.717, 1.165) is 19.4 Å². The summed E-state index contributed by atoms with van der Waals surface area (Å²) in [4.78, 5) is 2.53. The highest BCUT2D eigenvalue weighted by Gasteiger charge is 2.37. The number of para-hydroxylation sites is 2. The van der Waals surface area contributed by atoms with Gasteiger partial charge in [-0.2, -0.15) is 0 Å². The molecule has 1 unspecified atom stereocenters. The SMILES string of the molecule is CN1Cc2c3c(n(-c4ccccc4)c2C1c1ccc2c(c1)c1ccccc1n2-c1ccc2ccccc2c1)C=CCC3. The highest BCUT2D eigenvalue weighted by molar-refractivity contribution is 6.09. The highest BCUT2D eigenvalue weighted by Crippen LogP contribution is 2.46. The molecular formula is C39H31N3. The van der Waals surface area contributed by atoms with Crippen molar-refractivity contribution in [2.45, 2.75) is 25.4 Å². The molecule has 0 bridgehead atoms. The van der Waals surface area contributed by atoms with Crippen LogP contribution in [0.1, 0.15) is 40.5 Å². The lowest BCUT2D eigenvalue weighted by molar-refractivity contribution is 0.298. The topological polar surface area (TPSA) is 13.1 Å². The zero-order valence-corrected chi connectivity index (χ0v) is 23.7. The van der Waals surface area contributed by atoms with Gasteiger partial charge in [0.2, 0.25) is 0 Å². The van der Waals surface area contributed by atoms with Crippen molar-refractivity contribution in [3.05, 3.63) is 149 Å². The predicted octanol–water partition coefficient (Wildman–Crippen LogP) is 9.22. The summed E-state index contributed by atoms with van der Waals surface area (Å²) in [5.74, 6) is 0. The predicted molar refractivity (Wildman–Crippen MR) is 175 cm³/mol. The fraction of sp³-hybridized carbons (Fsp3) is 0.128. The van der Waals surface area contributed by atoms with Gasteiger partial charge in [0, 0.05) is 40.1 Å². The van der Waals surface area contributed by atoms with Crippen LogP contribution in [0.15, 0.2) is 121 Å². The van der Waals surface area contributed by atoms with Crippen molar-refractivity contribution in [1.82, 2.24) is 14.0 Å². The van der Waals surface area contributed by atoms with E-state index in [1.54, 1.807) is 0 Å². The Morgan fingerprint density at radius 2 is 1.40 bits per heavy atom. The van der Waals surface area contributed by atoms with Crippen LogP contribution in [0, 0.1) is 0 Å². The average Bonchev–Trinajstić information content (AvgIpc) is 3.66. The van der Waals surface area contributed by atoms with Crippen molar-refractivity contribution in [2.24, 2.45) is 0 Å². The minimum atomic E-state index is 0.186. The summed E-state index contributed by atoms with van der Waals surface area (Å²) >= 11 is 0. The van der Waals surface area contributed by atoms with Crippen molar-refractivity contribution in [3.63, 3.8) is 0 Å². The fourth-order valence-corrected chi connectivity index (χ4v) is 7.62. The molecule has 2 aromatic heterocycles. The van der Waals surface area contributed by atoms with Gasteiger partial charge in [0.25, 0.3) is 0 Å². The largest absolute Gasteiger partial charge is 0.312 e. The van der Waals surface area contributed by atoms with Gasteiger partial charge in [0.05, 0.1) is 17.1 Å². The Kier molecular flexibility index (Phi) is 5.14. The van der Waals surface area contributed by atoms with Gasteiger partial charge in [-0.15, -0.1) is 0 Å². The number of benzene rings is 5. The van der Waals surface area contributed by atoms with Crippen molar-refractivity contribution in [1.29, 1.82) is 0 Å². The molecule has 0 amide bonds. The van der Waals surface area contributed by atoms with E-state index >= 15 is 0 Å². The minimum Gasteiger partial charge on any atom is -0.312 e. The van der Waals surface area contributed by atoms with Crippen LogP contribution in [-0.4, -0.2) is 21.1 Å². The third-order valence-corrected chi connectivity index (χ3v) is 9.43. The number of allylic oxidation sites excluding steroid dienone is 1. The lowest BCUT2D eigenvalue weighted by atomic mass is 9.98. The van der Waals surface area contributed by atoms with Gasteiger partial charge in [-0.1, -0.05) is 78.9 Å². The number of hydrogen-bond acceptors (Lipinski definition) is 1. The first-order chi connectivity index (χ1) is 20.8. The molecule has 0 saturated carbocycles. The van der Waals surface area contributed by atoms with E-state index in [1.807, 2.05) is 0 Å². The van der Waals surface area contributed by atoms with Gasteiger partial charge in [0.15, 0.2) is 0 Å². The molecule has 0 radical (unpaired) electrons. The molecule has 0 spiro atoms. The fourth-order valence-electron chi connectivity index (χ4n) is 7.62. The summed E-state index contributed by atoms with van der Waals surface area (Å²) in [5, 5.41) is 5.13. The van der Waals surface area contributed by atoms with Crippen LogP contribution >= 0.6 is 0 Å². The maximum atomic E-state index is 2.54. The Balaban J connectivity index is 1.27. The van der Waals surface area contributed by atoms with Gasteiger partial charge < -0.3 is 9.13 Å². The van der Waals surface area contributed by atoms with Gasteiger partial charge in [0.1, 0.15) is 0 Å². The van der Waals surface area contributed by atoms with Gasteiger partial charge in [-0.25, -0.2) is 0 Å². The van der Waals surface area contributed by atoms with Gasteiger partial charge in [-0.3, -0.25) is 4.90 Å². The van der Waals surface area contributed by atoms with E-state index < -0.39 is 0 Å². The second-order valence-corrected chi connectivity index (χ2v) is 11.8. The number of hydrogen-bond donors (Lipinski definition) is 0. The van der Waals surface area contributed by atoms with E-state index in [9.17, 15) is 0 Å². The molecule has 3 nitrogen and oxygen atoms in total. The smallest absolute Gasteiger partial charge is 0.0764 e. The molecule has 3 heterocycles. The van der Waals surface area contributed by atoms with Crippen LogP contribution in [0.3, 0.4) is 0 Å². The second kappa shape index (κ2) is 9.07. The molecule has 9 rings (SSSR count). The van der Waals surface area contributed by atoms with E-state index in [0.29, 0.717) is 0 Å². The van der Waals surface area contributed by atoms with E-state index in [4.69, 9.17) is 0 Å². The number of fused-ring (bicyclic) bond motifs is 7. The molecule has 3 heteroatoms. The van der Waals surface area contributed by atoms with E-state index in [-0.39, 0.29) is 6.04 Å². The van der Waals surface area contributed by atoms with Crippen LogP contribution < -0.4 is 0 Å². The Labute approximate surface area is 245 Å². The summed E-state index contributed by atoms with van der Waals surface area (Å²) in [6, 6.07) is 42.6. The summed E-state index contributed by atoms with van der Waals surface area (Å²) < 4.78 is 4.97. The van der Waals surface area contributed by atoms with E-state index in [2.05, 4.69) is 148 Å². The zero-order valence-electron chi connectivity index (χ0n) is 23.7. The molecule has 5 aromatic carbocycles. The third kappa shape index (κ3) is 3.38. The lowest BCUT2D eigenvalue weighted by Crippen LogP contribution is -2.21. The van der Waals surface area contributed by atoms with Gasteiger partial charge >= 0.3 is 0 Å². The van der Waals surface area contributed by atoms with Crippen molar-refractivity contribution >= 4 is 38.7 Å². The van der Waals surface area contributed by atoms with Crippen molar-refractivity contribution in [3.8, 4) is 11.4 Å². The minimum absolute atomic E-state index is 0.186. The highest BCUT2D eigenvalue weighted by atomic mass is 15.2. The molecule has 0 fully saturated rings. The summed E-state index contributed by atoms with van der Waals surface area (Å²) in [5.41, 5.74) is 12.1. The van der Waals surface area contributed by atoms with Crippen LogP contribution in [0.25, 0.3) is 50.0 Å². The molecule has 0 N–H and O–H groups in total. The Morgan fingerprint density at radius 1 is 0.619 bits per heavy atom. The molecule has 42 heavy (non-hydrogen) atoms. The Morgan fingerprint density at radius 3 is 2.31 bits per heavy atom. The van der Waals surface area contributed by atoms with Crippen molar-refractivity contribution < 1.29 is 0 Å². The number of aromatic nitrogens is 2. The second-order valence-electron chi connectivity index (χ2n) is 11.8. The maximum Gasteiger partial charge on any atom is 0.0764 e. The van der Waals surface area contributed by atoms with E-state index in [1.165, 1.54) is 72.0 Å². The molecule has 1 atom stereocenters. The summed E-state index contributed by atoms with van der Waals surface area (Å²) in [6.07, 6.45) is 6.92. The molecule has 1 aliphatic heterocycles.